The van der Waals surface area contributed by atoms with Crippen LogP contribution in [0.25, 0.3) is 0 Å². The second-order valence-electron chi connectivity index (χ2n) is 4.40. The first kappa shape index (κ1) is 13.5. The predicted molar refractivity (Wildman–Crippen MR) is 78.7 cm³/mol. The van der Waals surface area contributed by atoms with Gasteiger partial charge in [-0.05, 0) is 34.5 Å². The van der Waals surface area contributed by atoms with Gasteiger partial charge in [0, 0.05) is 21.2 Å². The maximum atomic E-state index is 12.3. The minimum Gasteiger partial charge on any atom is -0.315 e. The van der Waals surface area contributed by atoms with Crippen molar-refractivity contribution in [3.63, 3.8) is 0 Å². The molecule has 2 aromatic rings. The van der Waals surface area contributed by atoms with Gasteiger partial charge in [0.1, 0.15) is 0 Å². The molecule has 2 nitrogen and oxygen atoms in total. The summed E-state index contributed by atoms with van der Waals surface area (Å²) in [6, 6.07) is 11.5. The monoisotopic (exact) mass is 323 g/mol. The van der Waals surface area contributed by atoms with E-state index in [2.05, 4.69) is 15.9 Å². The zero-order chi connectivity index (χ0) is 13.2. The van der Waals surface area contributed by atoms with E-state index in [-0.39, 0.29) is 5.78 Å². The maximum absolute atomic E-state index is 12.3. The Bertz CT molecular complexity index is 548. The Morgan fingerprint density at radius 3 is 2.61 bits per heavy atom. The first-order chi connectivity index (χ1) is 8.50. The molecule has 2 N–H and O–H groups in total. The Kier molecular flexibility index (Phi) is 4.00. The number of thiophene rings is 1. The van der Waals surface area contributed by atoms with Crippen LogP contribution in [-0.4, -0.2) is 5.78 Å². The summed E-state index contributed by atoms with van der Waals surface area (Å²) in [5.74, 6) is 0.0306. The summed E-state index contributed by atoms with van der Waals surface area (Å²) in [4.78, 5) is 13.3. The molecule has 0 aliphatic rings. The van der Waals surface area contributed by atoms with E-state index in [9.17, 15) is 4.79 Å². The molecule has 0 fully saturated rings. The zero-order valence-corrected chi connectivity index (χ0v) is 12.4. The summed E-state index contributed by atoms with van der Waals surface area (Å²) in [5, 5.41) is 1.97. The van der Waals surface area contributed by atoms with Crippen LogP contribution in [0.15, 0.2) is 46.3 Å². The molecule has 2 rings (SSSR count). The fraction of sp³-hybridized carbons (Fsp3) is 0.214. The van der Waals surface area contributed by atoms with Crippen molar-refractivity contribution in [1.29, 1.82) is 0 Å². The van der Waals surface area contributed by atoms with Crippen LogP contribution >= 0.6 is 27.3 Å². The number of carbonyl (C=O) groups is 1. The average Bonchev–Trinajstić information content (AvgIpc) is 2.76. The van der Waals surface area contributed by atoms with Gasteiger partial charge in [0.05, 0.1) is 5.54 Å². The van der Waals surface area contributed by atoms with Crippen LogP contribution in [-0.2, 0) is 16.8 Å². The standard InChI is InChI=1S/C14H14BrNOS/c1-14(16,10-5-3-2-4-6-10)13(17)8-12-7-11(15)9-18-12/h2-7,9H,8,16H2,1H3. The molecule has 18 heavy (non-hydrogen) atoms. The van der Waals surface area contributed by atoms with E-state index < -0.39 is 5.54 Å². The summed E-state index contributed by atoms with van der Waals surface area (Å²) in [5.41, 5.74) is 6.10. The van der Waals surface area contributed by atoms with E-state index in [0.29, 0.717) is 6.42 Å². The molecule has 0 aliphatic carbocycles. The Hall–Kier alpha value is -0.970. The van der Waals surface area contributed by atoms with Crippen LogP contribution in [0.2, 0.25) is 0 Å². The third-order valence-corrected chi connectivity index (χ3v) is 4.61. The van der Waals surface area contributed by atoms with Gasteiger partial charge in [0.2, 0.25) is 0 Å². The summed E-state index contributed by atoms with van der Waals surface area (Å²) < 4.78 is 1.01. The van der Waals surface area contributed by atoms with E-state index in [1.54, 1.807) is 18.3 Å². The van der Waals surface area contributed by atoms with Gasteiger partial charge in [-0.25, -0.2) is 0 Å². The average molecular weight is 324 g/mol. The van der Waals surface area contributed by atoms with Crippen molar-refractivity contribution in [1.82, 2.24) is 0 Å². The molecule has 1 heterocycles. The first-order valence-corrected chi connectivity index (χ1v) is 7.28. The number of Topliss-reactive ketones (excluding diaryl/α,β-unsaturated/α-hetero) is 1. The van der Waals surface area contributed by atoms with E-state index in [1.807, 2.05) is 41.8 Å². The molecule has 0 radical (unpaired) electrons. The molecule has 0 bridgehead atoms. The number of hydrogen-bond donors (Lipinski definition) is 1. The smallest absolute Gasteiger partial charge is 0.162 e. The predicted octanol–water partition coefficient (Wildman–Crippen LogP) is 3.50. The number of halogens is 1. The van der Waals surface area contributed by atoms with Gasteiger partial charge in [-0.2, -0.15) is 0 Å². The van der Waals surface area contributed by atoms with E-state index >= 15 is 0 Å². The molecule has 0 saturated carbocycles. The highest BCUT2D eigenvalue weighted by Gasteiger charge is 2.30. The number of carbonyl (C=O) groups excluding carboxylic acids is 1. The summed E-state index contributed by atoms with van der Waals surface area (Å²) in [7, 11) is 0. The second kappa shape index (κ2) is 5.34. The van der Waals surface area contributed by atoms with Gasteiger partial charge in [-0.1, -0.05) is 30.3 Å². The van der Waals surface area contributed by atoms with Crippen LogP contribution in [0, 0.1) is 0 Å². The van der Waals surface area contributed by atoms with Crippen LogP contribution < -0.4 is 5.73 Å². The van der Waals surface area contributed by atoms with Crippen LogP contribution in [0.5, 0.6) is 0 Å². The summed E-state index contributed by atoms with van der Waals surface area (Å²) >= 11 is 4.95. The third-order valence-electron chi connectivity index (χ3n) is 2.91. The number of benzene rings is 1. The highest BCUT2D eigenvalue weighted by Crippen LogP contribution is 2.24. The maximum Gasteiger partial charge on any atom is 0.162 e. The number of rotatable bonds is 4. The molecule has 94 valence electrons. The summed E-state index contributed by atoms with van der Waals surface area (Å²) in [6.07, 6.45) is 0.373. The highest BCUT2D eigenvalue weighted by atomic mass is 79.9. The lowest BCUT2D eigenvalue weighted by Crippen LogP contribution is -2.42. The largest absolute Gasteiger partial charge is 0.315 e. The lowest BCUT2D eigenvalue weighted by molar-refractivity contribution is -0.123. The second-order valence-corrected chi connectivity index (χ2v) is 6.31. The quantitative estimate of drug-likeness (QED) is 0.935. The molecule has 1 aromatic heterocycles. The number of nitrogens with two attached hydrogens (primary N) is 1. The fourth-order valence-electron chi connectivity index (χ4n) is 1.73. The van der Waals surface area contributed by atoms with E-state index in [4.69, 9.17) is 5.73 Å². The molecule has 4 heteroatoms. The molecular weight excluding hydrogens is 310 g/mol. The fourth-order valence-corrected chi connectivity index (χ4v) is 3.18. The molecule has 1 aromatic carbocycles. The zero-order valence-electron chi connectivity index (χ0n) is 10.0. The number of hydrogen-bond acceptors (Lipinski definition) is 3. The Morgan fingerprint density at radius 2 is 2.06 bits per heavy atom. The van der Waals surface area contributed by atoms with Gasteiger partial charge in [-0.3, -0.25) is 4.79 Å². The molecule has 1 atom stereocenters. The lowest BCUT2D eigenvalue weighted by Gasteiger charge is -2.23. The lowest BCUT2D eigenvalue weighted by atomic mass is 9.87. The molecular formula is C14H14BrNOS. The topological polar surface area (TPSA) is 43.1 Å². The van der Waals surface area contributed by atoms with E-state index in [0.717, 1.165) is 14.9 Å². The van der Waals surface area contributed by atoms with Crippen molar-refractivity contribution in [2.24, 2.45) is 5.73 Å². The van der Waals surface area contributed by atoms with Crippen LogP contribution in [0.3, 0.4) is 0 Å². The van der Waals surface area contributed by atoms with Gasteiger partial charge in [0.25, 0.3) is 0 Å². The van der Waals surface area contributed by atoms with Crippen LogP contribution in [0.1, 0.15) is 17.4 Å². The van der Waals surface area contributed by atoms with Crippen molar-refractivity contribution in [2.75, 3.05) is 0 Å². The van der Waals surface area contributed by atoms with Crippen LogP contribution in [0.4, 0.5) is 0 Å². The van der Waals surface area contributed by atoms with Crippen molar-refractivity contribution < 1.29 is 4.79 Å². The van der Waals surface area contributed by atoms with Crippen molar-refractivity contribution in [2.45, 2.75) is 18.9 Å². The molecule has 1 unspecified atom stereocenters. The molecule has 0 saturated heterocycles. The van der Waals surface area contributed by atoms with Gasteiger partial charge in [-0.15, -0.1) is 11.3 Å². The SMILES string of the molecule is CC(N)(C(=O)Cc1cc(Br)cs1)c1ccccc1. The molecule has 0 aliphatic heterocycles. The normalized spacial score (nSPS) is 14.2. The minimum atomic E-state index is -0.933. The minimum absolute atomic E-state index is 0.0306. The Balaban J connectivity index is 2.18. The molecule has 0 amide bonds. The van der Waals surface area contributed by atoms with E-state index in [1.165, 1.54) is 0 Å². The van der Waals surface area contributed by atoms with Crippen molar-refractivity contribution in [3.05, 3.63) is 56.7 Å². The number of ketones is 1. The highest BCUT2D eigenvalue weighted by molar-refractivity contribution is 9.10. The van der Waals surface area contributed by atoms with Crippen molar-refractivity contribution in [3.8, 4) is 0 Å². The van der Waals surface area contributed by atoms with Gasteiger partial charge < -0.3 is 5.73 Å². The van der Waals surface area contributed by atoms with Gasteiger partial charge >= 0.3 is 0 Å². The van der Waals surface area contributed by atoms with Gasteiger partial charge in [0.15, 0.2) is 5.78 Å². The van der Waals surface area contributed by atoms with Crippen molar-refractivity contribution >= 4 is 33.0 Å². The molecule has 0 spiro atoms. The Morgan fingerprint density at radius 1 is 1.39 bits per heavy atom. The Labute approximate surface area is 119 Å². The summed E-state index contributed by atoms with van der Waals surface area (Å²) in [6.45, 7) is 1.77. The first-order valence-electron chi connectivity index (χ1n) is 5.61. The third kappa shape index (κ3) is 2.88.